The van der Waals surface area contributed by atoms with Gasteiger partial charge in [-0.15, -0.1) is 0 Å². The number of benzene rings is 1. The van der Waals surface area contributed by atoms with Crippen molar-refractivity contribution in [1.82, 2.24) is 14.8 Å². The molecule has 6 nitrogen and oxygen atoms in total. The molecular weight excluding hydrogens is 421 g/mol. The number of rotatable bonds is 4. The number of carbonyl (C=O) groups is 1. The molecule has 2 fully saturated rings. The second kappa shape index (κ2) is 9.77. The molecule has 3 heterocycles. The van der Waals surface area contributed by atoms with E-state index in [-0.39, 0.29) is 12.1 Å². The molecule has 0 atom stereocenters. The molecule has 0 radical (unpaired) electrons. The van der Waals surface area contributed by atoms with Gasteiger partial charge < -0.3 is 15.0 Å². The van der Waals surface area contributed by atoms with Crippen LogP contribution in [0.5, 0.6) is 5.75 Å². The van der Waals surface area contributed by atoms with Crippen molar-refractivity contribution in [3.05, 3.63) is 54.4 Å². The largest absolute Gasteiger partial charge is 0.490 e. The third-order valence-electron chi connectivity index (χ3n) is 6.16. The molecule has 32 heavy (non-hydrogen) atoms. The molecule has 9 heteroatoms. The van der Waals surface area contributed by atoms with E-state index in [0.717, 1.165) is 56.7 Å². The SMILES string of the molecule is O=C(Nc1ccc(C(F)(F)F)cc1)N1CCC(N2CCC(Oc3ccncc3)CC2)CC1. The Kier molecular flexibility index (Phi) is 6.83. The minimum atomic E-state index is -4.38. The lowest BCUT2D eigenvalue weighted by Gasteiger charge is -2.41. The van der Waals surface area contributed by atoms with Crippen molar-refractivity contribution in [2.24, 2.45) is 0 Å². The number of piperidine rings is 2. The molecule has 0 saturated carbocycles. The smallest absolute Gasteiger partial charge is 0.416 e. The van der Waals surface area contributed by atoms with Gasteiger partial charge in [-0.25, -0.2) is 4.79 Å². The molecule has 2 saturated heterocycles. The highest BCUT2D eigenvalue weighted by atomic mass is 19.4. The van der Waals surface area contributed by atoms with Crippen LogP contribution >= 0.6 is 0 Å². The molecule has 2 aromatic rings. The quantitative estimate of drug-likeness (QED) is 0.741. The Morgan fingerprint density at radius 2 is 1.56 bits per heavy atom. The number of carbonyl (C=O) groups excluding carboxylic acids is 1. The van der Waals surface area contributed by atoms with Gasteiger partial charge in [-0.3, -0.25) is 9.88 Å². The highest BCUT2D eigenvalue weighted by molar-refractivity contribution is 5.89. The first kappa shape index (κ1) is 22.4. The summed E-state index contributed by atoms with van der Waals surface area (Å²) in [5, 5.41) is 2.70. The number of alkyl halides is 3. The Labute approximate surface area is 185 Å². The molecule has 2 amide bonds. The van der Waals surface area contributed by atoms with Gasteiger partial charge in [0.15, 0.2) is 0 Å². The number of nitrogens with one attached hydrogen (secondary N) is 1. The van der Waals surface area contributed by atoms with E-state index in [2.05, 4.69) is 15.2 Å². The van der Waals surface area contributed by atoms with E-state index in [0.29, 0.717) is 24.8 Å². The van der Waals surface area contributed by atoms with Gasteiger partial charge in [0.05, 0.1) is 5.56 Å². The second-order valence-electron chi connectivity index (χ2n) is 8.26. The average molecular weight is 448 g/mol. The average Bonchev–Trinajstić information content (AvgIpc) is 2.80. The number of pyridine rings is 1. The number of hydrogen-bond acceptors (Lipinski definition) is 4. The lowest BCUT2D eigenvalue weighted by atomic mass is 9.99. The maximum atomic E-state index is 12.7. The highest BCUT2D eigenvalue weighted by Crippen LogP contribution is 2.30. The monoisotopic (exact) mass is 448 g/mol. The maximum Gasteiger partial charge on any atom is 0.416 e. The van der Waals surface area contributed by atoms with Gasteiger partial charge in [0, 0.05) is 50.3 Å². The van der Waals surface area contributed by atoms with Gasteiger partial charge in [-0.05, 0) is 62.1 Å². The number of aromatic nitrogens is 1. The predicted octanol–water partition coefficient (Wildman–Crippen LogP) is 4.64. The summed E-state index contributed by atoms with van der Waals surface area (Å²) in [6.07, 6.45) is 2.99. The predicted molar refractivity (Wildman–Crippen MR) is 115 cm³/mol. The third-order valence-corrected chi connectivity index (χ3v) is 6.16. The normalized spacial score (nSPS) is 19.0. The van der Waals surface area contributed by atoms with Crippen LogP contribution in [0.4, 0.5) is 23.7 Å². The number of likely N-dealkylation sites (tertiary alicyclic amines) is 2. The number of ether oxygens (including phenoxy) is 1. The van der Waals surface area contributed by atoms with Crippen molar-refractivity contribution in [3.63, 3.8) is 0 Å². The summed E-state index contributed by atoms with van der Waals surface area (Å²) in [6, 6.07) is 8.43. The fourth-order valence-corrected chi connectivity index (χ4v) is 4.35. The van der Waals surface area contributed by atoms with Gasteiger partial charge in [0.25, 0.3) is 0 Å². The van der Waals surface area contributed by atoms with E-state index in [9.17, 15) is 18.0 Å². The van der Waals surface area contributed by atoms with Gasteiger partial charge in [-0.2, -0.15) is 13.2 Å². The Morgan fingerprint density at radius 3 is 2.16 bits per heavy atom. The van der Waals surface area contributed by atoms with Crippen LogP contribution in [0.3, 0.4) is 0 Å². The molecule has 0 aliphatic carbocycles. The highest BCUT2D eigenvalue weighted by Gasteiger charge is 2.31. The lowest BCUT2D eigenvalue weighted by molar-refractivity contribution is -0.137. The fraction of sp³-hybridized carbons (Fsp3) is 0.478. The van der Waals surface area contributed by atoms with Crippen molar-refractivity contribution in [3.8, 4) is 5.75 Å². The zero-order valence-corrected chi connectivity index (χ0v) is 17.7. The Morgan fingerprint density at radius 1 is 0.938 bits per heavy atom. The number of nitrogens with zero attached hydrogens (tertiary/aromatic N) is 3. The molecular formula is C23H27F3N4O2. The topological polar surface area (TPSA) is 57.7 Å². The minimum Gasteiger partial charge on any atom is -0.490 e. The van der Waals surface area contributed by atoms with Crippen LogP contribution in [0.1, 0.15) is 31.2 Å². The zero-order valence-electron chi connectivity index (χ0n) is 17.7. The van der Waals surface area contributed by atoms with Crippen molar-refractivity contribution < 1.29 is 22.7 Å². The summed E-state index contributed by atoms with van der Waals surface area (Å²) in [7, 11) is 0. The zero-order chi connectivity index (χ0) is 22.6. The van der Waals surface area contributed by atoms with Crippen LogP contribution in [-0.4, -0.2) is 59.1 Å². The number of halogens is 3. The first-order chi connectivity index (χ1) is 15.4. The number of hydrogen-bond donors (Lipinski definition) is 1. The van der Waals surface area contributed by atoms with Crippen LogP contribution in [0.2, 0.25) is 0 Å². The maximum absolute atomic E-state index is 12.7. The summed E-state index contributed by atoms with van der Waals surface area (Å²) in [5.74, 6) is 0.853. The standard InChI is InChI=1S/C23H27F3N4O2/c24-23(25,26)17-1-3-18(4-2-17)28-22(31)30-13-7-19(8-14-30)29-15-9-21(10-16-29)32-20-5-11-27-12-6-20/h1-6,11-12,19,21H,7-10,13-16H2,(H,28,31). The van der Waals surface area contributed by atoms with Crippen LogP contribution in [-0.2, 0) is 6.18 Å². The van der Waals surface area contributed by atoms with Crippen LogP contribution in [0, 0.1) is 0 Å². The molecule has 2 aliphatic heterocycles. The second-order valence-corrected chi connectivity index (χ2v) is 8.26. The number of amides is 2. The third kappa shape index (κ3) is 5.70. The summed E-state index contributed by atoms with van der Waals surface area (Å²) >= 11 is 0. The van der Waals surface area contributed by atoms with Gasteiger partial charge in [-0.1, -0.05) is 0 Å². The first-order valence-electron chi connectivity index (χ1n) is 10.9. The van der Waals surface area contributed by atoms with Gasteiger partial charge in [0.2, 0.25) is 0 Å². The van der Waals surface area contributed by atoms with Crippen LogP contribution in [0.15, 0.2) is 48.8 Å². The lowest BCUT2D eigenvalue weighted by Crippen LogP contribution is -2.50. The van der Waals surface area contributed by atoms with Crippen LogP contribution < -0.4 is 10.1 Å². The van der Waals surface area contributed by atoms with Crippen molar-refractivity contribution in [2.45, 2.75) is 44.0 Å². The van der Waals surface area contributed by atoms with E-state index in [1.807, 2.05) is 12.1 Å². The Hall–Kier alpha value is -2.81. The van der Waals surface area contributed by atoms with E-state index < -0.39 is 11.7 Å². The Balaban J connectivity index is 1.20. The van der Waals surface area contributed by atoms with Gasteiger partial charge in [0.1, 0.15) is 11.9 Å². The number of urea groups is 1. The molecule has 0 spiro atoms. The van der Waals surface area contributed by atoms with E-state index in [4.69, 9.17) is 4.74 Å². The van der Waals surface area contributed by atoms with Crippen molar-refractivity contribution in [1.29, 1.82) is 0 Å². The van der Waals surface area contributed by atoms with Crippen molar-refractivity contribution >= 4 is 11.7 Å². The summed E-state index contributed by atoms with van der Waals surface area (Å²) < 4.78 is 44.1. The molecule has 0 unspecified atom stereocenters. The minimum absolute atomic E-state index is 0.211. The van der Waals surface area contributed by atoms with E-state index >= 15 is 0 Å². The molecule has 1 N–H and O–H groups in total. The molecule has 0 bridgehead atoms. The van der Waals surface area contributed by atoms with Gasteiger partial charge >= 0.3 is 12.2 Å². The Bertz CT molecular complexity index is 876. The number of anilines is 1. The van der Waals surface area contributed by atoms with Crippen LogP contribution in [0.25, 0.3) is 0 Å². The summed E-state index contributed by atoms with van der Waals surface area (Å²) in [6.45, 7) is 3.20. The van der Waals surface area contributed by atoms with E-state index in [1.54, 1.807) is 17.3 Å². The van der Waals surface area contributed by atoms with E-state index in [1.165, 1.54) is 12.1 Å². The summed E-state index contributed by atoms with van der Waals surface area (Å²) in [5.41, 5.74) is -0.368. The fourth-order valence-electron chi connectivity index (χ4n) is 4.35. The first-order valence-corrected chi connectivity index (χ1v) is 10.9. The molecule has 1 aromatic heterocycles. The molecule has 4 rings (SSSR count). The van der Waals surface area contributed by atoms with Crippen molar-refractivity contribution in [2.75, 3.05) is 31.5 Å². The summed E-state index contributed by atoms with van der Waals surface area (Å²) in [4.78, 5) is 20.7. The molecule has 172 valence electrons. The molecule has 1 aromatic carbocycles. The molecule has 2 aliphatic rings.